The van der Waals surface area contributed by atoms with Crippen molar-refractivity contribution in [3.05, 3.63) is 94.6 Å². The van der Waals surface area contributed by atoms with Crippen molar-refractivity contribution in [2.75, 3.05) is 12.3 Å². The maximum absolute atomic E-state index is 12.9. The minimum absolute atomic E-state index is 0.00715. The van der Waals surface area contributed by atoms with Crippen LogP contribution in [0.3, 0.4) is 0 Å². The molecule has 1 aromatic heterocycles. The van der Waals surface area contributed by atoms with Gasteiger partial charge in [-0.05, 0) is 42.5 Å². The molecule has 0 amide bonds. The molecule has 186 valence electrons. The highest BCUT2D eigenvalue weighted by Gasteiger charge is 2.28. The van der Waals surface area contributed by atoms with Gasteiger partial charge in [0.05, 0.1) is 16.3 Å². The average Bonchev–Trinajstić information content (AvgIpc) is 2.92. The minimum Gasteiger partial charge on any atom is -0.458 e. The van der Waals surface area contributed by atoms with Crippen molar-refractivity contribution in [2.24, 2.45) is 0 Å². The molecule has 3 aromatic rings. The number of anilines is 1. The van der Waals surface area contributed by atoms with E-state index in [1.807, 2.05) is 24.3 Å². The second-order valence-corrected chi connectivity index (χ2v) is 8.78. The van der Waals surface area contributed by atoms with Crippen LogP contribution < -0.4 is 10.5 Å². The van der Waals surface area contributed by atoms with E-state index in [4.69, 9.17) is 15.2 Å². The average molecular weight is 488 g/mol. The Hall–Kier alpha value is -4.20. The smallest absolute Gasteiger partial charge is 0.352 e. The van der Waals surface area contributed by atoms with Crippen LogP contribution in [0.2, 0.25) is 0 Å². The number of hydrogen-bond acceptors (Lipinski definition) is 7. The van der Waals surface area contributed by atoms with Gasteiger partial charge in [-0.25, -0.2) is 9.78 Å². The number of nitro benzene ring substituents is 1. The molecule has 2 aromatic carbocycles. The van der Waals surface area contributed by atoms with Gasteiger partial charge in [0.1, 0.15) is 6.61 Å². The Bertz CT molecular complexity index is 1220. The summed E-state index contributed by atoms with van der Waals surface area (Å²) in [5.74, 6) is -0.207. The lowest BCUT2D eigenvalue weighted by atomic mass is 9.83. The van der Waals surface area contributed by atoms with Crippen molar-refractivity contribution in [3.63, 3.8) is 0 Å². The molecule has 36 heavy (non-hydrogen) atoms. The number of non-ortho nitro benzene ring substituents is 1. The van der Waals surface area contributed by atoms with Crippen LogP contribution in [-0.2, 0) is 9.53 Å². The Labute approximate surface area is 209 Å². The van der Waals surface area contributed by atoms with Crippen LogP contribution in [-0.4, -0.2) is 22.5 Å². The summed E-state index contributed by atoms with van der Waals surface area (Å²) in [5.41, 5.74) is 9.77. The van der Waals surface area contributed by atoms with E-state index in [2.05, 4.69) is 11.6 Å². The molecule has 0 radical (unpaired) electrons. The molecule has 8 heteroatoms. The first-order valence-electron chi connectivity index (χ1n) is 12.0. The quantitative estimate of drug-likeness (QED) is 0.167. The van der Waals surface area contributed by atoms with Gasteiger partial charge in [0.2, 0.25) is 12.0 Å². The molecular weight excluding hydrogens is 458 g/mol. The van der Waals surface area contributed by atoms with Crippen molar-refractivity contribution in [1.29, 1.82) is 0 Å². The fourth-order valence-corrected chi connectivity index (χ4v) is 4.50. The highest BCUT2D eigenvalue weighted by Crippen LogP contribution is 2.41. The molecule has 1 unspecified atom stereocenters. The number of pyridine rings is 1. The van der Waals surface area contributed by atoms with E-state index in [1.165, 1.54) is 24.6 Å². The number of nitrogens with two attached hydrogens (primary N) is 1. The van der Waals surface area contributed by atoms with E-state index in [9.17, 15) is 14.9 Å². The van der Waals surface area contributed by atoms with E-state index < -0.39 is 17.0 Å². The Morgan fingerprint density at radius 3 is 2.47 bits per heavy atom. The lowest BCUT2D eigenvalue weighted by Crippen LogP contribution is -2.23. The normalized spacial score (nSPS) is 14.6. The van der Waals surface area contributed by atoms with Crippen molar-refractivity contribution >= 4 is 17.3 Å². The first kappa shape index (κ1) is 24.9. The van der Waals surface area contributed by atoms with Gasteiger partial charge in [-0.3, -0.25) is 10.1 Å². The van der Waals surface area contributed by atoms with Crippen LogP contribution in [0.4, 0.5) is 11.4 Å². The number of nitrogens with zero attached hydrogens (tertiary/aromatic N) is 2. The van der Waals surface area contributed by atoms with Crippen molar-refractivity contribution in [1.82, 2.24) is 4.98 Å². The zero-order valence-corrected chi connectivity index (χ0v) is 20.0. The molecule has 0 aliphatic heterocycles. The summed E-state index contributed by atoms with van der Waals surface area (Å²) in [7, 11) is 0. The SMILES string of the molecule is C=CCOC(=O)C(Oc1nc(-c2ccc([N+](=O)[O-])cc2)cc(C2CCCCC2)c1N)c1ccccc1. The number of carbonyl (C=O) groups is 1. The van der Waals surface area contributed by atoms with Gasteiger partial charge in [0, 0.05) is 23.3 Å². The van der Waals surface area contributed by atoms with Gasteiger partial charge in [0.25, 0.3) is 5.69 Å². The lowest BCUT2D eigenvalue weighted by Gasteiger charge is -2.26. The number of hydrogen-bond donors (Lipinski definition) is 1. The Kier molecular flexibility index (Phi) is 7.95. The summed E-state index contributed by atoms with van der Waals surface area (Å²) >= 11 is 0. The predicted octanol–water partition coefficient (Wildman–Crippen LogP) is 6.14. The monoisotopic (exact) mass is 487 g/mol. The minimum atomic E-state index is -1.08. The molecule has 1 atom stereocenters. The highest BCUT2D eigenvalue weighted by atomic mass is 16.6. The molecule has 1 fully saturated rings. The van der Waals surface area contributed by atoms with Crippen LogP contribution >= 0.6 is 0 Å². The topological polar surface area (TPSA) is 118 Å². The molecular formula is C28H29N3O5. The van der Waals surface area contributed by atoms with Crippen LogP contribution in [0.25, 0.3) is 11.3 Å². The molecule has 0 bridgehead atoms. The summed E-state index contributed by atoms with van der Waals surface area (Å²) in [6.07, 6.45) is 5.81. The number of nitrogen functional groups attached to an aromatic ring is 1. The standard InChI is InChI=1S/C28H29N3O5/c1-2-17-35-28(32)26(21-11-7-4-8-12-21)36-27-25(29)23(19-9-5-3-6-10-19)18-24(30-27)20-13-15-22(16-14-20)31(33)34/h2,4,7-8,11-16,18-19,26H,1,3,5-6,9-10,17,29H2. The number of benzene rings is 2. The Morgan fingerprint density at radius 2 is 1.83 bits per heavy atom. The maximum atomic E-state index is 12.9. The largest absolute Gasteiger partial charge is 0.458 e. The molecule has 0 spiro atoms. The van der Waals surface area contributed by atoms with E-state index in [-0.39, 0.29) is 24.1 Å². The van der Waals surface area contributed by atoms with Crippen LogP contribution in [0, 0.1) is 10.1 Å². The van der Waals surface area contributed by atoms with Gasteiger partial charge in [-0.15, -0.1) is 0 Å². The number of carbonyl (C=O) groups excluding carboxylic acids is 1. The first-order valence-corrected chi connectivity index (χ1v) is 12.0. The summed E-state index contributed by atoms with van der Waals surface area (Å²) in [4.78, 5) is 28.3. The zero-order valence-electron chi connectivity index (χ0n) is 20.0. The number of ether oxygens (including phenoxy) is 2. The molecule has 4 rings (SSSR count). The second-order valence-electron chi connectivity index (χ2n) is 8.78. The predicted molar refractivity (Wildman–Crippen MR) is 138 cm³/mol. The van der Waals surface area contributed by atoms with E-state index in [0.29, 0.717) is 22.5 Å². The van der Waals surface area contributed by atoms with Gasteiger partial charge in [-0.2, -0.15) is 0 Å². The lowest BCUT2D eigenvalue weighted by molar-refractivity contribution is -0.384. The highest BCUT2D eigenvalue weighted by molar-refractivity contribution is 5.78. The third kappa shape index (κ3) is 5.71. The maximum Gasteiger partial charge on any atom is 0.352 e. The fraction of sp³-hybridized carbons (Fsp3) is 0.286. The van der Waals surface area contributed by atoms with Gasteiger partial charge in [0.15, 0.2) is 0 Å². The summed E-state index contributed by atoms with van der Waals surface area (Å²) in [5, 5.41) is 11.1. The molecule has 1 aliphatic rings. The van der Waals surface area contributed by atoms with Crippen molar-refractivity contribution < 1.29 is 19.2 Å². The van der Waals surface area contributed by atoms with E-state index in [1.54, 1.807) is 24.3 Å². The molecule has 0 saturated heterocycles. The molecule has 1 aliphatic carbocycles. The fourth-order valence-electron chi connectivity index (χ4n) is 4.50. The summed E-state index contributed by atoms with van der Waals surface area (Å²) in [6.45, 7) is 3.64. The van der Waals surface area contributed by atoms with Crippen LogP contribution in [0.15, 0.2) is 73.3 Å². The first-order chi connectivity index (χ1) is 17.5. The zero-order chi connectivity index (χ0) is 25.5. The third-order valence-corrected chi connectivity index (χ3v) is 6.36. The molecule has 1 saturated carbocycles. The number of aromatic nitrogens is 1. The van der Waals surface area contributed by atoms with Gasteiger partial charge in [-0.1, -0.05) is 62.2 Å². The van der Waals surface area contributed by atoms with Crippen LogP contribution in [0.1, 0.15) is 55.3 Å². The summed E-state index contributed by atoms with van der Waals surface area (Å²) in [6, 6.07) is 17.1. The summed E-state index contributed by atoms with van der Waals surface area (Å²) < 4.78 is 11.5. The van der Waals surface area contributed by atoms with Gasteiger partial charge >= 0.3 is 5.97 Å². The van der Waals surface area contributed by atoms with E-state index >= 15 is 0 Å². The number of nitro groups is 1. The second kappa shape index (κ2) is 11.5. The number of rotatable bonds is 9. The van der Waals surface area contributed by atoms with Crippen molar-refractivity contribution in [2.45, 2.75) is 44.1 Å². The molecule has 8 nitrogen and oxygen atoms in total. The Morgan fingerprint density at radius 1 is 1.14 bits per heavy atom. The number of esters is 1. The van der Waals surface area contributed by atoms with Crippen molar-refractivity contribution in [3.8, 4) is 17.1 Å². The van der Waals surface area contributed by atoms with E-state index in [0.717, 1.165) is 31.2 Å². The van der Waals surface area contributed by atoms with Crippen LogP contribution in [0.5, 0.6) is 5.88 Å². The van der Waals surface area contributed by atoms with Gasteiger partial charge < -0.3 is 15.2 Å². The third-order valence-electron chi connectivity index (χ3n) is 6.36. The Balaban J connectivity index is 1.78. The molecule has 1 heterocycles. The molecule has 2 N–H and O–H groups in total.